The highest BCUT2D eigenvalue weighted by atomic mass is 127. The summed E-state index contributed by atoms with van der Waals surface area (Å²) in [4.78, 5) is 0. The van der Waals surface area contributed by atoms with Gasteiger partial charge < -0.3 is 0 Å². The van der Waals surface area contributed by atoms with Gasteiger partial charge in [0, 0.05) is 35.6 Å². The molecule has 0 spiro atoms. The standard InChI is InChI=1S/C12H2IN/c1-2-3-4-5-6-7-8-9-10-11-12-14-13/h1,14H/i/hT. The molecule has 0 aromatic heterocycles. The second kappa shape index (κ2) is 10.9. The fraction of sp³-hybridized carbons (Fsp3) is 0. The van der Waals surface area contributed by atoms with Crippen molar-refractivity contribution in [3.8, 4) is 71.7 Å². The number of hydrogen-bond acceptors (Lipinski definition) is 1. The van der Waals surface area contributed by atoms with Gasteiger partial charge in [-0.2, -0.15) is 0 Å². The van der Waals surface area contributed by atoms with Crippen molar-refractivity contribution in [3.05, 3.63) is 0 Å². The second-order valence-electron chi connectivity index (χ2n) is 1.47. The van der Waals surface area contributed by atoms with Crippen LogP contribution in [-0.2, 0) is 0 Å². The molecule has 0 aromatic carbocycles. The highest BCUT2D eigenvalue weighted by Gasteiger charge is 1.56. The van der Waals surface area contributed by atoms with E-state index in [2.05, 4.69) is 65.2 Å². The summed E-state index contributed by atoms with van der Waals surface area (Å²) in [5.74, 6) is 23.9. The molecule has 2 heteroatoms. The topological polar surface area (TPSA) is 12.0 Å². The van der Waals surface area contributed by atoms with Crippen LogP contribution in [-0.4, -0.2) is 0 Å². The van der Waals surface area contributed by atoms with E-state index >= 15 is 0 Å². The number of halogens is 1. The summed E-state index contributed by atoms with van der Waals surface area (Å²) in [5, 5.41) is 0. The lowest BCUT2D eigenvalue weighted by Crippen LogP contribution is -1.77. The first-order valence-electron chi connectivity index (χ1n) is 3.63. The van der Waals surface area contributed by atoms with Crippen LogP contribution in [0.3, 0.4) is 0 Å². The molecule has 0 atom stereocenters. The van der Waals surface area contributed by atoms with Crippen molar-refractivity contribution in [2.75, 3.05) is 0 Å². The van der Waals surface area contributed by atoms with Crippen LogP contribution < -0.4 is 3.52 Å². The van der Waals surface area contributed by atoms with Crippen molar-refractivity contribution in [2.45, 2.75) is 0 Å². The van der Waals surface area contributed by atoms with Gasteiger partial charge >= 0.3 is 0 Å². The Labute approximate surface area is 99.4 Å². The minimum Gasteiger partial charge on any atom is -0.287 e. The minimum absolute atomic E-state index is 0.926. The van der Waals surface area contributed by atoms with Crippen molar-refractivity contribution in [1.82, 2.24) is 3.52 Å². The average Bonchev–Trinajstić information content (AvgIpc) is 2.20. The number of nitrogens with one attached hydrogen (secondary N) is 1. The van der Waals surface area contributed by atoms with Crippen molar-refractivity contribution < 1.29 is 1.41 Å². The predicted molar refractivity (Wildman–Crippen MR) is 64.9 cm³/mol. The van der Waals surface area contributed by atoms with E-state index in [1.54, 1.807) is 22.9 Å². The van der Waals surface area contributed by atoms with E-state index in [0.717, 1.165) is 3.52 Å². The maximum atomic E-state index is 6.88. The molecule has 0 aliphatic heterocycles. The van der Waals surface area contributed by atoms with E-state index in [-0.39, 0.29) is 0 Å². The summed E-state index contributed by atoms with van der Waals surface area (Å²) in [6.45, 7) is 0. The first kappa shape index (κ1) is 9.97. The summed E-state index contributed by atoms with van der Waals surface area (Å²) >= 11 is 1.70. The largest absolute Gasteiger partial charge is 0.287 e. The summed E-state index contributed by atoms with van der Waals surface area (Å²) in [6.07, 6.45) is 4.86. The highest BCUT2D eigenvalue weighted by molar-refractivity contribution is 14.1. The van der Waals surface area contributed by atoms with Crippen LogP contribution in [0.1, 0.15) is 0 Å². The van der Waals surface area contributed by atoms with E-state index in [1.165, 1.54) is 0 Å². The van der Waals surface area contributed by atoms with Crippen LogP contribution in [0.2, 0.25) is 1.41 Å². The van der Waals surface area contributed by atoms with Gasteiger partial charge in [0.1, 0.15) is 0 Å². The summed E-state index contributed by atoms with van der Waals surface area (Å²) < 4.78 is 7.80. The number of terminal acetylenes is 1. The van der Waals surface area contributed by atoms with E-state index in [9.17, 15) is 0 Å². The molecule has 0 heterocycles. The lowest BCUT2D eigenvalue weighted by molar-refractivity contribution is 1.61. The Kier molecular flexibility index (Phi) is 7.76. The van der Waals surface area contributed by atoms with Crippen LogP contribution in [0.15, 0.2) is 0 Å². The third kappa shape index (κ3) is 9.89. The molecule has 0 unspecified atom stereocenters. The Morgan fingerprint density at radius 1 is 0.857 bits per heavy atom. The predicted octanol–water partition coefficient (Wildman–Crippen LogP) is 0.534. The molecule has 62 valence electrons. The first-order chi connectivity index (χ1) is 7.27. The Balaban J connectivity index is 4.18. The summed E-state index contributed by atoms with van der Waals surface area (Å²) in [6, 6.07) is 2.38. The van der Waals surface area contributed by atoms with E-state index < -0.39 is 0 Å². The van der Waals surface area contributed by atoms with E-state index in [4.69, 9.17) is 7.84 Å². The third-order valence-corrected chi connectivity index (χ3v) is 0.912. The summed E-state index contributed by atoms with van der Waals surface area (Å²) in [5.41, 5.74) is 0. The Morgan fingerprint density at radius 3 is 1.71 bits per heavy atom. The van der Waals surface area contributed by atoms with Gasteiger partial charge in [0.05, 0.1) is 22.9 Å². The van der Waals surface area contributed by atoms with Gasteiger partial charge in [-0.15, -0.1) is 6.42 Å². The Morgan fingerprint density at radius 2 is 1.29 bits per heavy atom. The highest BCUT2D eigenvalue weighted by Crippen LogP contribution is 1.60. The van der Waals surface area contributed by atoms with Crippen LogP contribution in [0.4, 0.5) is 0 Å². The molecule has 14 heavy (non-hydrogen) atoms. The van der Waals surface area contributed by atoms with Crippen LogP contribution in [0, 0.1) is 71.7 Å². The minimum atomic E-state index is 0.926. The van der Waals surface area contributed by atoms with Crippen molar-refractivity contribution >= 4 is 22.9 Å². The number of rotatable bonds is 0. The Bertz CT molecular complexity index is 554. The lowest BCUT2D eigenvalue weighted by atomic mass is 10.5. The maximum Gasteiger partial charge on any atom is 0.183 e. The molecule has 1 nitrogen and oxygen atoms in total. The van der Waals surface area contributed by atoms with Gasteiger partial charge in [-0.1, -0.05) is 0 Å². The quantitative estimate of drug-likeness (QED) is 0.297. The van der Waals surface area contributed by atoms with Crippen molar-refractivity contribution in [1.29, 1.82) is 0 Å². The van der Waals surface area contributed by atoms with Crippen molar-refractivity contribution in [3.63, 3.8) is 0 Å². The smallest absolute Gasteiger partial charge is 0.183 e. The first-order valence-corrected chi connectivity index (χ1v) is 4.15. The average molecular weight is 289 g/mol. The molecular formula is C12H2IN. The van der Waals surface area contributed by atoms with Gasteiger partial charge in [-0.3, -0.25) is 3.52 Å². The normalized spacial score (nSPS) is 5.00. The molecule has 0 aromatic rings. The van der Waals surface area contributed by atoms with Crippen LogP contribution in [0.5, 0.6) is 0 Å². The lowest BCUT2D eigenvalue weighted by Gasteiger charge is -1.65. The van der Waals surface area contributed by atoms with Crippen LogP contribution in [0.25, 0.3) is 0 Å². The molecule has 1 N–H and O–H groups in total. The van der Waals surface area contributed by atoms with Gasteiger partial charge in [-0.25, -0.2) is 0 Å². The van der Waals surface area contributed by atoms with Gasteiger partial charge in [0.25, 0.3) is 0 Å². The third-order valence-electron chi connectivity index (χ3n) is 0.670. The molecule has 0 amide bonds. The van der Waals surface area contributed by atoms with Crippen molar-refractivity contribution in [2.24, 2.45) is 0 Å². The molecule has 0 rings (SSSR count). The molecule has 0 radical (unpaired) electrons. The van der Waals surface area contributed by atoms with Crippen LogP contribution >= 0.6 is 22.9 Å². The fourth-order valence-corrected chi connectivity index (χ4v) is 0.425. The monoisotopic (exact) mass is 289 g/mol. The SMILES string of the molecule is [3H]N(I)C#CC#CC#CC#CC#CC#C. The Hall–Kier alpha value is -2.11. The zero-order valence-electron chi connectivity index (χ0n) is 7.90. The summed E-state index contributed by atoms with van der Waals surface area (Å²) in [7, 11) is 0. The molecular weight excluding hydrogens is 285 g/mol. The van der Waals surface area contributed by atoms with Gasteiger partial charge in [0.2, 0.25) is 0 Å². The van der Waals surface area contributed by atoms with E-state index in [1.807, 2.05) is 0 Å². The zero-order chi connectivity index (χ0) is 11.4. The molecule has 0 bridgehead atoms. The fourth-order valence-electron chi connectivity index (χ4n) is 0.304. The van der Waals surface area contributed by atoms with Gasteiger partial charge in [-0.05, 0) is 29.6 Å². The van der Waals surface area contributed by atoms with E-state index in [0.29, 0.717) is 0 Å². The molecule has 0 fully saturated rings. The van der Waals surface area contributed by atoms with Gasteiger partial charge in [0.15, 0.2) is 1.41 Å². The molecule has 0 aliphatic rings. The second-order valence-corrected chi connectivity index (χ2v) is 1.95. The zero-order valence-corrected chi connectivity index (χ0v) is 9.06. The molecule has 0 aliphatic carbocycles. The molecule has 0 saturated carbocycles. The maximum absolute atomic E-state index is 6.88. The molecule has 0 saturated heterocycles. The number of hydrogen-bond donors (Lipinski definition) is 1.